The van der Waals surface area contributed by atoms with E-state index in [-0.39, 0.29) is 6.04 Å². The Kier molecular flexibility index (Phi) is 2.78. The van der Waals surface area contributed by atoms with E-state index in [2.05, 4.69) is 85.0 Å². The Morgan fingerprint density at radius 3 is 2.19 bits per heavy atom. The third kappa shape index (κ3) is 2.02. The summed E-state index contributed by atoms with van der Waals surface area (Å²) in [6.07, 6.45) is 0. The molecule has 0 fully saturated rings. The maximum Gasteiger partial charge on any atom is 0.0773 e. The predicted molar refractivity (Wildman–Crippen MR) is 88.5 cm³/mol. The molecule has 0 saturated heterocycles. The van der Waals surface area contributed by atoms with Crippen LogP contribution in [0.25, 0.3) is 11.1 Å². The SMILES string of the molecule is Cc1ccc(C2Nc3ccccc3-c3ccccc32)cc1. The molecule has 102 valence electrons. The van der Waals surface area contributed by atoms with E-state index in [1.807, 2.05) is 0 Å². The Balaban J connectivity index is 1.90. The first-order valence-corrected chi connectivity index (χ1v) is 7.34. The number of hydrogen-bond acceptors (Lipinski definition) is 1. The van der Waals surface area contributed by atoms with Crippen LogP contribution in [0.3, 0.4) is 0 Å². The van der Waals surface area contributed by atoms with Crippen LogP contribution in [0.1, 0.15) is 22.7 Å². The molecule has 1 aliphatic rings. The fourth-order valence-electron chi connectivity index (χ4n) is 3.09. The minimum atomic E-state index is 0.219. The quantitative estimate of drug-likeness (QED) is 0.643. The average molecular weight is 271 g/mol. The maximum atomic E-state index is 3.69. The van der Waals surface area contributed by atoms with Crippen LogP contribution in [0.5, 0.6) is 0 Å². The Morgan fingerprint density at radius 2 is 1.38 bits per heavy atom. The van der Waals surface area contributed by atoms with Crippen molar-refractivity contribution < 1.29 is 0 Å². The van der Waals surface area contributed by atoms with Crippen LogP contribution in [0.15, 0.2) is 72.8 Å². The molecule has 0 aliphatic carbocycles. The second-order valence-electron chi connectivity index (χ2n) is 5.62. The molecule has 0 aromatic heterocycles. The highest BCUT2D eigenvalue weighted by Crippen LogP contribution is 2.42. The van der Waals surface area contributed by atoms with Crippen molar-refractivity contribution in [2.45, 2.75) is 13.0 Å². The molecule has 3 aromatic rings. The molecule has 0 saturated carbocycles. The highest BCUT2D eigenvalue weighted by atomic mass is 14.9. The van der Waals surface area contributed by atoms with Crippen molar-refractivity contribution in [3.8, 4) is 11.1 Å². The van der Waals surface area contributed by atoms with E-state index in [4.69, 9.17) is 0 Å². The van der Waals surface area contributed by atoms with E-state index in [0.29, 0.717) is 0 Å². The van der Waals surface area contributed by atoms with Crippen molar-refractivity contribution >= 4 is 5.69 Å². The zero-order valence-electron chi connectivity index (χ0n) is 12.0. The molecule has 3 aromatic carbocycles. The van der Waals surface area contributed by atoms with Crippen molar-refractivity contribution in [2.75, 3.05) is 5.32 Å². The summed E-state index contributed by atoms with van der Waals surface area (Å²) >= 11 is 0. The summed E-state index contributed by atoms with van der Waals surface area (Å²) in [5.41, 5.74) is 7.78. The van der Waals surface area contributed by atoms with E-state index in [0.717, 1.165) is 0 Å². The molecule has 21 heavy (non-hydrogen) atoms. The van der Waals surface area contributed by atoms with Crippen LogP contribution >= 0.6 is 0 Å². The first-order chi connectivity index (χ1) is 10.3. The van der Waals surface area contributed by atoms with Crippen LogP contribution in [0, 0.1) is 6.92 Å². The predicted octanol–water partition coefficient (Wildman–Crippen LogP) is 5.18. The van der Waals surface area contributed by atoms with E-state index < -0.39 is 0 Å². The molecule has 1 N–H and O–H groups in total. The van der Waals surface area contributed by atoms with Gasteiger partial charge in [0.15, 0.2) is 0 Å². The summed E-state index contributed by atoms with van der Waals surface area (Å²) < 4.78 is 0. The van der Waals surface area contributed by atoms with E-state index in [9.17, 15) is 0 Å². The molecule has 4 rings (SSSR count). The van der Waals surface area contributed by atoms with Gasteiger partial charge in [0.2, 0.25) is 0 Å². The largest absolute Gasteiger partial charge is 0.374 e. The molecule has 1 nitrogen and oxygen atoms in total. The lowest BCUT2D eigenvalue weighted by molar-refractivity contribution is 0.928. The van der Waals surface area contributed by atoms with Crippen LogP contribution in [0.2, 0.25) is 0 Å². The second-order valence-corrected chi connectivity index (χ2v) is 5.62. The van der Waals surface area contributed by atoms with Crippen molar-refractivity contribution in [3.05, 3.63) is 89.5 Å². The van der Waals surface area contributed by atoms with Crippen molar-refractivity contribution in [1.82, 2.24) is 0 Å². The van der Waals surface area contributed by atoms with Crippen LogP contribution < -0.4 is 5.32 Å². The third-order valence-electron chi connectivity index (χ3n) is 4.20. The van der Waals surface area contributed by atoms with Crippen LogP contribution in [0.4, 0.5) is 5.69 Å². The molecule has 0 amide bonds. The average Bonchev–Trinajstić information content (AvgIpc) is 2.55. The minimum absolute atomic E-state index is 0.219. The number of fused-ring (bicyclic) bond motifs is 3. The molecule has 0 radical (unpaired) electrons. The summed E-state index contributed by atoms with van der Waals surface area (Å²) in [7, 11) is 0. The molecule has 1 heterocycles. The van der Waals surface area contributed by atoms with Gasteiger partial charge in [-0.15, -0.1) is 0 Å². The molecular weight excluding hydrogens is 254 g/mol. The monoisotopic (exact) mass is 271 g/mol. The fourth-order valence-corrected chi connectivity index (χ4v) is 3.09. The standard InChI is InChI=1S/C20H17N/c1-14-10-12-15(13-11-14)20-18-8-3-2-6-16(18)17-7-4-5-9-19(17)21-20/h2-13,20-21H,1H3. The summed E-state index contributed by atoms with van der Waals surface area (Å²) in [5, 5.41) is 3.69. The molecule has 0 bridgehead atoms. The van der Waals surface area contributed by atoms with Crippen LogP contribution in [-0.2, 0) is 0 Å². The van der Waals surface area contributed by atoms with Gasteiger partial charge in [0, 0.05) is 11.3 Å². The van der Waals surface area contributed by atoms with Crippen molar-refractivity contribution in [1.29, 1.82) is 0 Å². The van der Waals surface area contributed by atoms with Crippen molar-refractivity contribution in [3.63, 3.8) is 0 Å². The Bertz CT molecular complexity index is 787. The zero-order chi connectivity index (χ0) is 14.2. The van der Waals surface area contributed by atoms with Gasteiger partial charge in [-0.1, -0.05) is 72.3 Å². The van der Waals surface area contributed by atoms with E-state index >= 15 is 0 Å². The maximum absolute atomic E-state index is 3.69. The smallest absolute Gasteiger partial charge is 0.0773 e. The highest BCUT2D eigenvalue weighted by molar-refractivity contribution is 5.84. The fraction of sp³-hybridized carbons (Fsp3) is 0.100. The van der Waals surface area contributed by atoms with Gasteiger partial charge in [0.1, 0.15) is 0 Å². The number of nitrogens with one attached hydrogen (secondary N) is 1. The number of para-hydroxylation sites is 1. The summed E-state index contributed by atoms with van der Waals surface area (Å²) in [6, 6.07) is 26.2. The summed E-state index contributed by atoms with van der Waals surface area (Å²) in [5.74, 6) is 0. The molecule has 1 heteroatoms. The first-order valence-electron chi connectivity index (χ1n) is 7.34. The number of benzene rings is 3. The van der Waals surface area contributed by atoms with Gasteiger partial charge in [-0.05, 0) is 29.7 Å². The van der Waals surface area contributed by atoms with Gasteiger partial charge < -0.3 is 5.32 Å². The zero-order valence-corrected chi connectivity index (χ0v) is 12.0. The lowest BCUT2D eigenvalue weighted by Gasteiger charge is -2.30. The molecule has 0 spiro atoms. The summed E-state index contributed by atoms with van der Waals surface area (Å²) in [4.78, 5) is 0. The minimum Gasteiger partial charge on any atom is -0.374 e. The van der Waals surface area contributed by atoms with Gasteiger partial charge in [0.25, 0.3) is 0 Å². The Morgan fingerprint density at radius 1 is 0.714 bits per heavy atom. The Labute approximate surface area is 125 Å². The van der Waals surface area contributed by atoms with Gasteiger partial charge >= 0.3 is 0 Å². The lowest BCUT2D eigenvalue weighted by atomic mass is 9.86. The van der Waals surface area contributed by atoms with E-state index in [1.165, 1.54) is 33.5 Å². The number of rotatable bonds is 1. The van der Waals surface area contributed by atoms with Gasteiger partial charge in [-0.3, -0.25) is 0 Å². The molecule has 1 aliphatic heterocycles. The second kappa shape index (κ2) is 4.78. The normalized spacial score (nSPS) is 15.8. The number of aryl methyl sites for hydroxylation is 1. The first kappa shape index (κ1) is 12.2. The topological polar surface area (TPSA) is 12.0 Å². The highest BCUT2D eigenvalue weighted by Gasteiger charge is 2.24. The number of anilines is 1. The van der Waals surface area contributed by atoms with Gasteiger partial charge in [-0.2, -0.15) is 0 Å². The Hall–Kier alpha value is -2.54. The number of hydrogen-bond donors (Lipinski definition) is 1. The third-order valence-corrected chi connectivity index (χ3v) is 4.20. The van der Waals surface area contributed by atoms with Crippen LogP contribution in [-0.4, -0.2) is 0 Å². The van der Waals surface area contributed by atoms with Gasteiger partial charge in [-0.25, -0.2) is 0 Å². The molecule has 1 atom stereocenters. The molecule has 1 unspecified atom stereocenters. The van der Waals surface area contributed by atoms with E-state index in [1.54, 1.807) is 0 Å². The van der Waals surface area contributed by atoms with Gasteiger partial charge in [0.05, 0.1) is 6.04 Å². The lowest BCUT2D eigenvalue weighted by Crippen LogP contribution is -2.17. The van der Waals surface area contributed by atoms with Crippen molar-refractivity contribution in [2.24, 2.45) is 0 Å². The summed E-state index contributed by atoms with van der Waals surface area (Å²) in [6.45, 7) is 2.13. The molecular formula is C20H17N.